The van der Waals surface area contributed by atoms with Gasteiger partial charge in [0.15, 0.2) is 5.82 Å². The van der Waals surface area contributed by atoms with E-state index in [1.54, 1.807) is 41.2 Å². The minimum atomic E-state index is -0.814. The van der Waals surface area contributed by atoms with Gasteiger partial charge in [0.2, 0.25) is 0 Å². The van der Waals surface area contributed by atoms with Gasteiger partial charge in [0, 0.05) is 12.4 Å². The van der Waals surface area contributed by atoms with Crippen molar-refractivity contribution < 1.29 is 18.4 Å². The van der Waals surface area contributed by atoms with Crippen molar-refractivity contribution in [3.63, 3.8) is 0 Å². The van der Waals surface area contributed by atoms with Gasteiger partial charge in [0.1, 0.15) is 22.9 Å². The molecule has 9 heteroatoms. The average molecular weight is 407 g/mol. The molecule has 0 bridgehead atoms. The predicted molar refractivity (Wildman–Crippen MR) is 104 cm³/mol. The molecule has 0 radical (unpaired) electrons. The first-order chi connectivity index (χ1) is 14.6. The number of hydrogen-bond acceptors (Lipinski definition) is 3. The molecule has 4 aromatic rings. The van der Waals surface area contributed by atoms with Crippen molar-refractivity contribution in [3.8, 4) is 11.5 Å². The van der Waals surface area contributed by atoms with Crippen molar-refractivity contribution in [2.24, 2.45) is 0 Å². The van der Waals surface area contributed by atoms with Crippen LogP contribution < -0.4 is 10.9 Å². The molecule has 0 fully saturated rings. The summed E-state index contributed by atoms with van der Waals surface area (Å²) in [6, 6.07) is 14.9. The van der Waals surface area contributed by atoms with Gasteiger partial charge in [0.05, 0.1) is 11.8 Å². The maximum atomic E-state index is 14.3. The summed E-state index contributed by atoms with van der Waals surface area (Å²) in [5.74, 6) is -2.49. The van der Waals surface area contributed by atoms with Gasteiger partial charge in [-0.15, -0.1) is 0 Å². The Morgan fingerprint density at radius 1 is 0.767 bits per heavy atom. The van der Waals surface area contributed by atoms with Gasteiger partial charge in [-0.25, -0.2) is 13.5 Å². The van der Waals surface area contributed by atoms with Crippen molar-refractivity contribution in [1.29, 1.82) is 0 Å². The van der Waals surface area contributed by atoms with Crippen LogP contribution >= 0.6 is 0 Å². The molecule has 2 amide bonds. The maximum absolute atomic E-state index is 14.3. The van der Waals surface area contributed by atoms with Gasteiger partial charge < -0.3 is 4.57 Å². The van der Waals surface area contributed by atoms with Gasteiger partial charge in [-0.1, -0.05) is 24.3 Å². The summed E-state index contributed by atoms with van der Waals surface area (Å²) in [6.45, 7) is 0. The Labute approximate surface area is 169 Å². The van der Waals surface area contributed by atoms with Crippen LogP contribution in [0.25, 0.3) is 11.5 Å². The molecule has 150 valence electrons. The number of amides is 2. The lowest BCUT2D eigenvalue weighted by molar-refractivity contribution is 0.0844. The summed E-state index contributed by atoms with van der Waals surface area (Å²) in [6.07, 6.45) is 4.60. The molecular weight excluding hydrogens is 392 g/mol. The SMILES string of the molecule is O=C(NNC(=O)c1cnn(-c2ccccc2F)c1-n1cccc1)c1ccccc1F. The van der Waals surface area contributed by atoms with Crippen molar-refractivity contribution in [2.75, 3.05) is 0 Å². The standard InChI is InChI=1S/C21H15F2N5O2/c22-16-8-2-1-7-14(16)19(29)25-26-20(30)15-13-24-28(18-10-4-3-9-17(18)23)21(15)27-11-5-6-12-27/h1-13H,(H,25,29)(H,26,30). The van der Waals surface area contributed by atoms with E-state index >= 15 is 0 Å². The summed E-state index contributed by atoms with van der Waals surface area (Å²) in [5.41, 5.74) is 4.42. The molecule has 4 rings (SSSR count). The number of hydrazine groups is 1. The number of carbonyl (C=O) groups is 2. The fraction of sp³-hybridized carbons (Fsp3) is 0. The molecule has 0 aliphatic heterocycles. The first-order valence-electron chi connectivity index (χ1n) is 8.88. The summed E-state index contributed by atoms with van der Waals surface area (Å²) in [4.78, 5) is 24.9. The molecule has 0 aliphatic carbocycles. The van der Waals surface area contributed by atoms with Crippen molar-refractivity contribution in [1.82, 2.24) is 25.2 Å². The highest BCUT2D eigenvalue weighted by Gasteiger charge is 2.22. The third-order valence-corrected chi connectivity index (χ3v) is 4.33. The highest BCUT2D eigenvalue weighted by molar-refractivity contribution is 6.00. The number of nitrogens with one attached hydrogen (secondary N) is 2. The number of benzene rings is 2. The Hall–Kier alpha value is -4.27. The molecule has 0 spiro atoms. The van der Waals surface area contributed by atoms with Gasteiger partial charge >= 0.3 is 0 Å². The van der Waals surface area contributed by atoms with E-state index in [2.05, 4.69) is 16.0 Å². The second-order valence-corrected chi connectivity index (χ2v) is 6.22. The molecule has 30 heavy (non-hydrogen) atoms. The van der Waals surface area contributed by atoms with Crippen LogP contribution in [0, 0.1) is 11.6 Å². The van der Waals surface area contributed by atoms with Gasteiger partial charge in [-0.2, -0.15) is 5.10 Å². The Kier molecular flexibility index (Phi) is 5.08. The smallest absolute Gasteiger partial charge is 0.275 e. The largest absolute Gasteiger partial charge is 0.308 e. The Morgan fingerprint density at radius 2 is 1.37 bits per heavy atom. The lowest BCUT2D eigenvalue weighted by Crippen LogP contribution is -2.42. The van der Waals surface area contributed by atoms with E-state index < -0.39 is 23.4 Å². The monoisotopic (exact) mass is 407 g/mol. The fourth-order valence-corrected chi connectivity index (χ4v) is 2.92. The lowest BCUT2D eigenvalue weighted by Gasteiger charge is -2.12. The van der Waals surface area contributed by atoms with E-state index in [4.69, 9.17) is 0 Å². The van der Waals surface area contributed by atoms with Crippen LogP contribution in [-0.2, 0) is 0 Å². The number of nitrogens with zero attached hydrogens (tertiary/aromatic N) is 3. The van der Waals surface area contributed by atoms with Gasteiger partial charge in [-0.05, 0) is 36.4 Å². The van der Waals surface area contributed by atoms with Crippen LogP contribution in [0.1, 0.15) is 20.7 Å². The number of carbonyl (C=O) groups excluding carboxylic acids is 2. The normalized spacial score (nSPS) is 10.6. The zero-order valence-corrected chi connectivity index (χ0v) is 15.4. The zero-order chi connectivity index (χ0) is 21.1. The fourth-order valence-electron chi connectivity index (χ4n) is 2.92. The topological polar surface area (TPSA) is 81.0 Å². The van der Waals surface area contributed by atoms with Crippen molar-refractivity contribution >= 4 is 11.8 Å². The lowest BCUT2D eigenvalue weighted by atomic mass is 10.2. The van der Waals surface area contributed by atoms with Crippen molar-refractivity contribution in [2.45, 2.75) is 0 Å². The van der Waals surface area contributed by atoms with Crippen molar-refractivity contribution in [3.05, 3.63) is 102 Å². The molecule has 0 atom stereocenters. The highest BCUT2D eigenvalue weighted by Crippen LogP contribution is 2.21. The number of aromatic nitrogens is 3. The minimum absolute atomic E-state index is 0.0725. The average Bonchev–Trinajstić information content (AvgIpc) is 3.42. The molecule has 0 saturated carbocycles. The second kappa shape index (κ2) is 8.00. The van der Waals surface area contributed by atoms with Crippen LogP contribution in [0.5, 0.6) is 0 Å². The molecule has 0 unspecified atom stereocenters. The molecule has 0 saturated heterocycles. The van der Waals surface area contributed by atoms with E-state index in [1.165, 1.54) is 41.2 Å². The Morgan fingerprint density at radius 3 is 2.03 bits per heavy atom. The minimum Gasteiger partial charge on any atom is -0.308 e. The quantitative estimate of drug-likeness (QED) is 0.511. The molecule has 2 heterocycles. The third-order valence-electron chi connectivity index (χ3n) is 4.33. The summed E-state index contributed by atoms with van der Waals surface area (Å²) in [7, 11) is 0. The molecule has 2 aromatic heterocycles. The van der Waals surface area contributed by atoms with Crippen LogP contribution in [0.4, 0.5) is 8.78 Å². The van der Waals surface area contributed by atoms with E-state index in [0.717, 1.165) is 6.07 Å². The van der Waals surface area contributed by atoms with E-state index in [-0.39, 0.29) is 22.6 Å². The Balaban J connectivity index is 1.64. The second-order valence-electron chi connectivity index (χ2n) is 6.22. The van der Waals surface area contributed by atoms with E-state index in [0.29, 0.717) is 0 Å². The van der Waals surface area contributed by atoms with E-state index in [9.17, 15) is 18.4 Å². The zero-order valence-electron chi connectivity index (χ0n) is 15.4. The Bertz CT molecular complexity index is 1220. The first kappa shape index (κ1) is 19.1. The molecule has 7 nitrogen and oxygen atoms in total. The van der Waals surface area contributed by atoms with Gasteiger partial charge in [0.25, 0.3) is 11.8 Å². The number of hydrogen-bond donors (Lipinski definition) is 2. The first-order valence-corrected chi connectivity index (χ1v) is 8.88. The highest BCUT2D eigenvalue weighted by atomic mass is 19.1. The van der Waals surface area contributed by atoms with Crippen LogP contribution in [0.2, 0.25) is 0 Å². The summed E-state index contributed by atoms with van der Waals surface area (Å²) >= 11 is 0. The van der Waals surface area contributed by atoms with E-state index in [1.807, 2.05) is 0 Å². The molecular formula is C21H15F2N5O2. The number of halogens is 2. The van der Waals surface area contributed by atoms with Crippen LogP contribution in [0.15, 0.2) is 79.3 Å². The number of rotatable bonds is 4. The summed E-state index contributed by atoms with van der Waals surface area (Å²) in [5, 5.41) is 4.15. The predicted octanol–water partition coefficient (Wildman–Crippen LogP) is 3.02. The van der Waals surface area contributed by atoms with Crippen LogP contribution in [-0.4, -0.2) is 26.2 Å². The molecule has 2 N–H and O–H groups in total. The van der Waals surface area contributed by atoms with Crippen LogP contribution in [0.3, 0.4) is 0 Å². The summed E-state index contributed by atoms with van der Waals surface area (Å²) < 4.78 is 30.9. The molecule has 0 aliphatic rings. The van der Waals surface area contributed by atoms with Gasteiger partial charge in [-0.3, -0.25) is 20.4 Å². The third kappa shape index (κ3) is 3.55. The maximum Gasteiger partial charge on any atom is 0.275 e. The number of para-hydroxylation sites is 1. The molecule has 2 aromatic carbocycles.